The lowest BCUT2D eigenvalue weighted by atomic mass is 9.96. The molecule has 0 radical (unpaired) electrons. The molecule has 0 unspecified atom stereocenters. The van der Waals surface area contributed by atoms with Gasteiger partial charge in [-0.15, -0.1) is 0 Å². The Bertz CT molecular complexity index is 660. The molecule has 0 aliphatic carbocycles. The summed E-state index contributed by atoms with van der Waals surface area (Å²) in [6.45, 7) is 5.81. The summed E-state index contributed by atoms with van der Waals surface area (Å²) in [6.07, 6.45) is 2.90. The van der Waals surface area contributed by atoms with Crippen LogP contribution in [0.2, 0.25) is 0 Å². The van der Waals surface area contributed by atoms with Crippen LogP contribution in [-0.2, 0) is 4.79 Å². The van der Waals surface area contributed by atoms with Crippen LogP contribution in [0.3, 0.4) is 0 Å². The number of amides is 1. The summed E-state index contributed by atoms with van der Waals surface area (Å²) < 4.78 is 11.0. The Kier molecular flexibility index (Phi) is 6.81. The molecule has 0 N–H and O–H groups in total. The number of likely N-dealkylation sites (tertiary alicyclic amines) is 1. The van der Waals surface area contributed by atoms with Gasteiger partial charge in [0.2, 0.25) is 5.91 Å². The Hall–Kier alpha value is -2.55. The Morgan fingerprint density at radius 1 is 1.12 bits per heavy atom. The zero-order chi connectivity index (χ0) is 18.2. The normalized spacial score (nSPS) is 15.2. The summed E-state index contributed by atoms with van der Waals surface area (Å²) in [6, 6.07) is 6.64. The molecule has 1 heterocycles. The average molecular weight is 344 g/mol. The van der Waals surface area contributed by atoms with E-state index in [1.54, 1.807) is 23.1 Å². The van der Waals surface area contributed by atoms with E-state index in [0.29, 0.717) is 37.8 Å². The molecule has 1 saturated heterocycles. The van der Waals surface area contributed by atoms with E-state index < -0.39 is 17.6 Å². The van der Waals surface area contributed by atoms with Gasteiger partial charge in [-0.05, 0) is 51.3 Å². The minimum absolute atomic E-state index is 0.281. The number of nitriles is 1. The van der Waals surface area contributed by atoms with Crippen molar-refractivity contribution in [2.45, 2.75) is 33.1 Å². The van der Waals surface area contributed by atoms with E-state index in [9.17, 15) is 14.9 Å². The van der Waals surface area contributed by atoms with Crippen LogP contribution in [0.5, 0.6) is 11.5 Å². The monoisotopic (exact) mass is 344 g/mol. The lowest BCUT2D eigenvalue weighted by Crippen LogP contribution is -2.41. The summed E-state index contributed by atoms with van der Waals surface area (Å²) in [5, 5.41) is 9.40. The Morgan fingerprint density at radius 2 is 1.76 bits per heavy atom. The molecule has 134 valence electrons. The number of rotatable bonds is 7. The lowest BCUT2D eigenvalue weighted by Gasteiger charge is -2.28. The highest BCUT2D eigenvalue weighted by Gasteiger charge is 2.32. The van der Waals surface area contributed by atoms with Gasteiger partial charge in [-0.25, -0.2) is 0 Å². The second kappa shape index (κ2) is 9.07. The minimum atomic E-state index is -1.31. The van der Waals surface area contributed by atoms with Gasteiger partial charge < -0.3 is 14.4 Å². The molecule has 6 nitrogen and oxygen atoms in total. The predicted molar refractivity (Wildman–Crippen MR) is 92.6 cm³/mol. The summed E-state index contributed by atoms with van der Waals surface area (Å²) in [7, 11) is 0. The first-order chi connectivity index (χ1) is 12.1. The van der Waals surface area contributed by atoms with Crippen molar-refractivity contribution in [2.24, 2.45) is 5.92 Å². The van der Waals surface area contributed by atoms with Gasteiger partial charge in [0.25, 0.3) is 0 Å². The molecule has 25 heavy (non-hydrogen) atoms. The van der Waals surface area contributed by atoms with E-state index >= 15 is 0 Å². The topological polar surface area (TPSA) is 79.6 Å². The zero-order valence-electron chi connectivity index (χ0n) is 14.8. The third kappa shape index (κ3) is 4.50. The molecular formula is C19H24N2O4. The van der Waals surface area contributed by atoms with Crippen LogP contribution in [0.25, 0.3) is 0 Å². The second-order valence-electron chi connectivity index (χ2n) is 5.84. The summed E-state index contributed by atoms with van der Waals surface area (Å²) >= 11 is 0. The second-order valence-corrected chi connectivity index (χ2v) is 5.84. The Morgan fingerprint density at radius 3 is 2.36 bits per heavy atom. The molecular weight excluding hydrogens is 320 g/mol. The fourth-order valence-corrected chi connectivity index (χ4v) is 2.89. The maximum absolute atomic E-state index is 12.7. The molecule has 1 atom stereocenters. The minimum Gasteiger partial charge on any atom is -0.490 e. The summed E-state index contributed by atoms with van der Waals surface area (Å²) in [4.78, 5) is 26.9. The molecule has 1 fully saturated rings. The fourth-order valence-electron chi connectivity index (χ4n) is 2.89. The number of carbonyl (C=O) groups excluding carboxylic acids is 2. The summed E-state index contributed by atoms with van der Waals surface area (Å²) in [5.74, 6) is -1.24. The van der Waals surface area contributed by atoms with Crippen LogP contribution in [0.15, 0.2) is 18.2 Å². The molecule has 1 aliphatic heterocycles. The number of piperidine rings is 1. The molecule has 0 spiro atoms. The highest BCUT2D eigenvalue weighted by Crippen LogP contribution is 2.29. The van der Waals surface area contributed by atoms with Crippen molar-refractivity contribution in [1.82, 2.24) is 4.90 Å². The molecule has 1 aromatic carbocycles. The first-order valence-corrected chi connectivity index (χ1v) is 8.74. The number of hydrogen-bond donors (Lipinski definition) is 0. The number of carbonyl (C=O) groups is 2. The van der Waals surface area contributed by atoms with Crippen molar-refractivity contribution in [2.75, 3.05) is 26.3 Å². The fraction of sp³-hybridized carbons (Fsp3) is 0.526. The average Bonchev–Trinajstić information content (AvgIpc) is 2.64. The molecule has 1 aromatic rings. The van der Waals surface area contributed by atoms with Crippen molar-refractivity contribution < 1.29 is 19.1 Å². The molecule has 0 bridgehead atoms. The molecule has 0 aromatic heterocycles. The third-order valence-corrected chi connectivity index (χ3v) is 4.13. The van der Waals surface area contributed by atoms with Gasteiger partial charge in [0.1, 0.15) is 0 Å². The van der Waals surface area contributed by atoms with Crippen molar-refractivity contribution in [1.29, 1.82) is 5.26 Å². The lowest BCUT2D eigenvalue weighted by molar-refractivity contribution is -0.133. The van der Waals surface area contributed by atoms with Gasteiger partial charge in [0, 0.05) is 18.7 Å². The van der Waals surface area contributed by atoms with Gasteiger partial charge in [-0.1, -0.05) is 0 Å². The van der Waals surface area contributed by atoms with Gasteiger partial charge in [-0.3, -0.25) is 9.59 Å². The Balaban J connectivity index is 2.23. The van der Waals surface area contributed by atoms with Crippen LogP contribution in [0.4, 0.5) is 0 Å². The van der Waals surface area contributed by atoms with Crippen LogP contribution in [0.1, 0.15) is 43.5 Å². The number of nitrogens with zero attached hydrogens (tertiary/aromatic N) is 2. The number of Topliss-reactive ketones (excluding diaryl/α,β-unsaturated/α-hetero) is 1. The van der Waals surface area contributed by atoms with Gasteiger partial charge >= 0.3 is 0 Å². The van der Waals surface area contributed by atoms with E-state index in [0.717, 1.165) is 19.3 Å². The predicted octanol–water partition coefficient (Wildman–Crippen LogP) is 2.82. The number of ether oxygens (including phenoxy) is 2. The molecule has 2 rings (SSSR count). The first kappa shape index (κ1) is 18.8. The van der Waals surface area contributed by atoms with Crippen LogP contribution in [-0.4, -0.2) is 42.9 Å². The third-order valence-electron chi connectivity index (χ3n) is 4.13. The highest BCUT2D eigenvalue weighted by molar-refractivity contribution is 6.12. The summed E-state index contributed by atoms with van der Waals surface area (Å²) in [5.41, 5.74) is 0.281. The van der Waals surface area contributed by atoms with E-state index in [4.69, 9.17) is 9.47 Å². The highest BCUT2D eigenvalue weighted by atomic mass is 16.5. The van der Waals surface area contributed by atoms with E-state index in [1.807, 2.05) is 19.9 Å². The molecule has 6 heteroatoms. The smallest absolute Gasteiger partial charge is 0.247 e. The van der Waals surface area contributed by atoms with Gasteiger partial charge in [0.15, 0.2) is 23.2 Å². The maximum atomic E-state index is 12.7. The standard InChI is InChI=1S/C19H24N2O4/c1-3-24-16-9-8-14(12-17(16)25-4-2)18(22)15(13-20)19(23)21-10-6-5-7-11-21/h8-9,12,15H,3-7,10-11H2,1-2H3/t15-/m1/s1. The number of ketones is 1. The zero-order valence-corrected chi connectivity index (χ0v) is 14.8. The van der Waals surface area contributed by atoms with Crippen molar-refractivity contribution >= 4 is 11.7 Å². The van der Waals surface area contributed by atoms with E-state index in [-0.39, 0.29) is 5.56 Å². The van der Waals surface area contributed by atoms with Crippen molar-refractivity contribution in [3.05, 3.63) is 23.8 Å². The van der Waals surface area contributed by atoms with Gasteiger partial charge in [0.05, 0.1) is 19.3 Å². The molecule has 1 amide bonds. The molecule has 0 saturated carbocycles. The first-order valence-electron chi connectivity index (χ1n) is 8.74. The van der Waals surface area contributed by atoms with Crippen molar-refractivity contribution in [3.63, 3.8) is 0 Å². The van der Waals surface area contributed by atoms with Crippen LogP contribution in [0, 0.1) is 17.2 Å². The van der Waals surface area contributed by atoms with E-state index in [2.05, 4.69) is 0 Å². The van der Waals surface area contributed by atoms with Crippen LogP contribution < -0.4 is 9.47 Å². The van der Waals surface area contributed by atoms with Crippen molar-refractivity contribution in [3.8, 4) is 17.6 Å². The largest absolute Gasteiger partial charge is 0.490 e. The SMILES string of the molecule is CCOc1ccc(C(=O)[C@@H](C#N)C(=O)N2CCCCC2)cc1OCC. The van der Waals surface area contributed by atoms with Crippen LogP contribution >= 0.6 is 0 Å². The quantitative estimate of drug-likeness (QED) is 0.561. The Labute approximate surface area is 148 Å². The van der Waals surface area contributed by atoms with Gasteiger partial charge in [-0.2, -0.15) is 5.26 Å². The maximum Gasteiger partial charge on any atom is 0.247 e. The number of benzene rings is 1. The number of hydrogen-bond acceptors (Lipinski definition) is 5. The molecule has 1 aliphatic rings. The van der Waals surface area contributed by atoms with E-state index in [1.165, 1.54) is 0 Å².